The number of aliphatic carboxylic acids is 1. The summed E-state index contributed by atoms with van der Waals surface area (Å²) in [5, 5.41) is 11.3. The van der Waals surface area contributed by atoms with Gasteiger partial charge in [0.1, 0.15) is 6.54 Å². The van der Waals surface area contributed by atoms with Crippen molar-refractivity contribution in [3.05, 3.63) is 0 Å². The molecule has 17 heavy (non-hydrogen) atoms. The second-order valence-electron chi connectivity index (χ2n) is 4.07. The number of nitrogens with zero attached hydrogens (tertiary/aromatic N) is 2. The molecule has 0 heterocycles. The van der Waals surface area contributed by atoms with Crippen LogP contribution in [0.4, 0.5) is 4.79 Å². The molecule has 0 aliphatic rings. The Bertz CT molecular complexity index is 310. The molecule has 2 amide bonds. The van der Waals surface area contributed by atoms with Crippen LogP contribution < -0.4 is 5.32 Å². The predicted octanol–water partition coefficient (Wildman–Crippen LogP) is -0.334. The van der Waals surface area contributed by atoms with Gasteiger partial charge in [0.25, 0.3) is 0 Å². The van der Waals surface area contributed by atoms with Gasteiger partial charge in [0.15, 0.2) is 0 Å². The Morgan fingerprint density at radius 3 is 2.47 bits per heavy atom. The van der Waals surface area contributed by atoms with E-state index in [1.165, 1.54) is 0 Å². The molecule has 0 fully saturated rings. The Kier molecular flexibility index (Phi) is 6.75. The predicted molar refractivity (Wildman–Crippen MR) is 64.6 cm³/mol. The molecule has 0 rings (SSSR count). The first-order chi connectivity index (χ1) is 7.86. The number of hydrogen-bond donors (Lipinski definition) is 2. The number of amides is 2. The molecule has 6 heteroatoms. The summed E-state index contributed by atoms with van der Waals surface area (Å²) in [5.74, 6) is 1.17. The number of carbonyl (C=O) groups is 2. The number of likely N-dealkylation sites (N-methyl/N-ethyl adjacent to an activating group) is 1. The SMILES string of the molecule is C#CCN(CC(=O)O)C(=O)NC(C)CN(C)C. The molecule has 0 aromatic carbocycles. The molecule has 0 radical (unpaired) electrons. The van der Waals surface area contributed by atoms with E-state index < -0.39 is 18.5 Å². The molecule has 6 nitrogen and oxygen atoms in total. The van der Waals surface area contributed by atoms with Crippen LogP contribution in [0.3, 0.4) is 0 Å². The lowest BCUT2D eigenvalue weighted by Gasteiger charge is -2.23. The van der Waals surface area contributed by atoms with Crippen LogP contribution in [-0.2, 0) is 4.79 Å². The van der Waals surface area contributed by atoms with Gasteiger partial charge in [-0.2, -0.15) is 0 Å². The molecule has 96 valence electrons. The number of terminal acetylenes is 1. The van der Waals surface area contributed by atoms with Crippen molar-refractivity contribution in [3.63, 3.8) is 0 Å². The maximum absolute atomic E-state index is 11.7. The number of carboxylic acid groups (broad SMARTS) is 1. The van der Waals surface area contributed by atoms with Gasteiger partial charge in [-0.1, -0.05) is 5.92 Å². The van der Waals surface area contributed by atoms with E-state index in [1.807, 2.05) is 25.9 Å². The number of carboxylic acids is 1. The highest BCUT2D eigenvalue weighted by atomic mass is 16.4. The maximum atomic E-state index is 11.7. The molecule has 0 saturated carbocycles. The molecule has 0 bridgehead atoms. The number of hydrogen-bond acceptors (Lipinski definition) is 3. The zero-order valence-corrected chi connectivity index (χ0v) is 10.4. The van der Waals surface area contributed by atoms with Crippen molar-refractivity contribution in [2.24, 2.45) is 0 Å². The summed E-state index contributed by atoms with van der Waals surface area (Å²) >= 11 is 0. The summed E-state index contributed by atoms with van der Waals surface area (Å²) in [7, 11) is 3.78. The fourth-order valence-corrected chi connectivity index (χ4v) is 1.37. The molecule has 0 aliphatic heterocycles. The Labute approximate surface area is 102 Å². The van der Waals surface area contributed by atoms with Crippen molar-refractivity contribution in [2.75, 3.05) is 33.7 Å². The number of urea groups is 1. The third-order valence-corrected chi connectivity index (χ3v) is 1.90. The zero-order chi connectivity index (χ0) is 13.4. The van der Waals surface area contributed by atoms with Crippen molar-refractivity contribution in [3.8, 4) is 12.3 Å². The molecular weight excluding hydrogens is 222 g/mol. The zero-order valence-electron chi connectivity index (χ0n) is 10.4. The smallest absolute Gasteiger partial charge is 0.323 e. The van der Waals surface area contributed by atoms with E-state index in [-0.39, 0.29) is 12.6 Å². The van der Waals surface area contributed by atoms with Crippen LogP contribution in [0, 0.1) is 12.3 Å². The van der Waals surface area contributed by atoms with Gasteiger partial charge < -0.3 is 20.2 Å². The van der Waals surface area contributed by atoms with Crippen LogP contribution in [0.1, 0.15) is 6.92 Å². The third kappa shape index (κ3) is 7.19. The van der Waals surface area contributed by atoms with Crippen molar-refractivity contribution in [1.82, 2.24) is 15.1 Å². The molecule has 0 aromatic heterocycles. The molecule has 0 spiro atoms. The van der Waals surface area contributed by atoms with Crippen LogP contribution >= 0.6 is 0 Å². The van der Waals surface area contributed by atoms with Gasteiger partial charge in [-0.15, -0.1) is 6.42 Å². The molecule has 0 saturated heterocycles. The Balaban J connectivity index is 4.32. The average molecular weight is 241 g/mol. The first kappa shape index (κ1) is 15.3. The van der Waals surface area contributed by atoms with Gasteiger partial charge in [0.05, 0.1) is 6.54 Å². The lowest BCUT2D eigenvalue weighted by atomic mass is 10.3. The minimum absolute atomic E-state index is 0.0210. The van der Waals surface area contributed by atoms with Crippen LogP contribution in [0.15, 0.2) is 0 Å². The molecule has 0 aliphatic carbocycles. The van der Waals surface area contributed by atoms with Gasteiger partial charge in [-0.05, 0) is 21.0 Å². The Hall–Kier alpha value is -1.74. The quantitative estimate of drug-likeness (QED) is 0.624. The molecule has 1 atom stereocenters. The summed E-state index contributed by atoms with van der Waals surface area (Å²) in [5.41, 5.74) is 0. The van der Waals surface area contributed by atoms with Crippen LogP contribution in [0.2, 0.25) is 0 Å². The maximum Gasteiger partial charge on any atom is 0.323 e. The number of rotatable bonds is 6. The summed E-state index contributed by atoms with van der Waals surface area (Å²) < 4.78 is 0. The van der Waals surface area contributed by atoms with Crippen LogP contribution in [-0.4, -0.2) is 66.7 Å². The van der Waals surface area contributed by atoms with Gasteiger partial charge in [-0.3, -0.25) is 4.79 Å². The standard InChI is InChI=1S/C11H19N3O3/c1-5-6-14(8-10(15)16)11(17)12-9(2)7-13(3)4/h1,9H,6-8H2,2-4H3,(H,12,17)(H,15,16). The van der Waals surface area contributed by atoms with E-state index in [0.717, 1.165) is 4.90 Å². The highest BCUT2D eigenvalue weighted by Gasteiger charge is 2.17. The molecule has 1 unspecified atom stereocenters. The summed E-state index contributed by atoms with van der Waals surface area (Å²) in [6.07, 6.45) is 5.08. The lowest BCUT2D eigenvalue weighted by Crippen LogP contribution is -2.48. The first-order valence-electron chi connectivity index (χ1n) is 5.22. The van der Waals surface area contributed by atoms with Gasteiger partial charge in [-0.25, -0.2) is 4.79 Å². The fraction of sp³-hybridized carbons (Fsp3) is 0.636. The summed E-state index contributed by atoms with van der Waals surface area (Å²) in [6.45, 7) is 2.09. The number of carbonyl (C=O) groups excluding carboxylic acids is 1. The van der Waals surface area contributed by atoms with Crippen LogP contribution in [0.5, 0.6) is 0 Å². The third-order valence-electron chi connectivity index (χ3n) is 1.90. The number of nitrogens with one attached hydrogen (secondary N) is 1. The van der Waals surface area contributed by atoms with E-state index in [4.69, 9.17) is 11.5 Å². The second-order valence-corrected chi connectivity index (χ2v) is 4.07. The summed E-state index contributed by atoms with van der Waals surface area (Å²) in [6, 6.07) is -0.536. The van der Waals surface area contributed by atoms with Crippen molar-refractivity contribution < 1.29 is 14.7 Å². The highest BCUT2D eigenvalue weighted by molar-refractivity contribution is 5.80. The molecular formula is C11H19N3O3. The van der Waals surface area contributed by atoms with E-state index in [2.05, 4.69) is 11.2 Å². The first-order valence-corrected chi connectivity index (χ1v) is 5.22. The van der Waals surface area contributed by atoms with E-state index in [1.54, 1.807) is 0 Å². The second kappa shape index (κ2) is 7.52. The van der Waals surface area contributed by atoms with Crippen molar-refractivity contribution in [2.45, 2.75) is 13.0 Å². The minimum Gasteiger partial charge on any atom is -0.480 e. The summed E-state index contributed by atoms with van der Waals surface area (Å²) in [4.78, 5) is 25.3. The largest absolute Gasteiger partial charge is 0.480 e. The monoisotopic (exact) mass is 241 g/mol. The lowest BCUT2D eigenvalue weighted by molar-refractivity contribution is -0.137. The van der Waals surface area contributed by atoms with Gasteiger partial charge in [0, 0.05) is 12.6 Å². The molecule has 0 aromatic rings. The Morgan fingerprint density at radius 1 is 1.47 bits per heavy atom. The van der Waals surface area contributed by atoms with Gasteiger partial charge >= 0.3 is 12.0 Å². The highest BCUT2D eigenvalue weighted by Crippen LogP contribution is 1.92. The van der Waals surface area contributed by atoms with Crippen LogP contribution in [0.25, 0.3) is 0 Å². The topological polar surface area (TPSA) is 72.9 Å². The van der Waals surface area contributed by atoms with Crippen molar-refractivity contribution in [1.29, 1.82) is 0 Å². The van der Waals surface area contributed by atoms with Crippen molar-refractivity contribution >= 4 is 12.0 Å². The van der Waals surface area contributed by atoms with E-state index >= 15 is 0 Å². The van der Waals surface area contributed by atoms with Gasteiger partial charge in [0.2, 0.25) is 0 Å². The Morgan fingerprint density at radius 2 is 2.06 bits per heavy atom. The van der Waals surface area contributed by atoms with E-state index in [9.17, 15) is 9.59 Å². The minimum atomic E-state index is -1.09. The normalized spacial score (nSPS) is 11.7. The van der Waals surface area contributed by atoms with E-state index in [0.29, 0.717) is 6.54 Å². The fourth-order valence-electron chi connectivity index (χ4n) is 1.37. The molecule has 2 N–H and O–H groups in total. The average Bonchev–Trinajstić information content (AvgIpc) is 2.14.